The van der Waals surface area contributed by atoms with Crippen LogP contribution in [0.5, 0.6) is 0 Å². The maximum Gasteiger partial charge on any atom is 0.187 e. The van der Waals surface area contributed by atoms with Gasteiger partial charge in [-0.2, -0.15) is 0 Å². The molecule has 0 fully saturated rings. The fraction of sp³-hybridized carbons (Fsp3) is 0.778. The summed E-state index contributed by atoms with van der Waals surface area (Å²) in [7, 11) is 4.83. The molecule has 0 saturated heterocycles. The summed E-state index contributed by atoms with van der Waals surface area (Å²) in [4.78, 5) is 0. The van der Waals surface area contributed by atoms with Crippen LogP contribution in [0.15, 0.2) is 12.3 Å². The minimum atomic E-state index is -0.132. The zero-order valence-corrected chi connectivity index (χ0v) is 8.49. The molecule has 4 nitrogen and oxygen atoms in total. The van der Waals surface area contributed by atoms with Gasteiger partial charge in [-0.25, -0.2) is 0 Å². The van der Waals surface area contributed by atoms with E-state index in [-0.39, 0.29) is 13.1 Å². The van der Waals surface area contributed by atoms with Gasteiger partial charge >= 0.3 is 0 Å². The monoisotopic (exact) mass is 190 g/mol. The Bertz CT molecular complexity index is 121. The first-order valence-electron chi connectivity index (χ1n) is 4.16. The Hall–Kier alpha value is -0.580. The lowest BCUT2D eigenvalue weighted by atomic mass is 10.3. The van der Waals surface area contributed by atoms with Crippen LogP contribution >= 0.6 is 0 Å². The van der Waals surface area contributed by atoms with E-state index in [9.17, 15) is 0 Å². The number of hydrogen-bond acceptors (Lipinski definition) is 4. The van der Waals surface area contributed by atoms with E-state index in [1.54, 1.807) is 27.6 Å². The van der Waals surface area contributed by atoms with Crippen LogP contribution in [0.25, 0.3) is 0 Å². The molecule has 0 aliphatic heterocycles. The SMILES string of the molecule is COCOC=CCCC(OC)OC. The lowest BCUT2D eigenvalue weighted by Gasteiger charge is -2.10. The summed E-state index contributed by atoms with van der Waals surface area (Å²) >= 11 is 0. The van der Waals surface area contributed by atoms with Gasteiger partial charge in [0, 0.05) is 27.8 Å². The molecule has 0 aromatic rings. The molecule has 0 unspecified atom stereocenters. The highest BCUT2D eigenvalue weighted by Gasteiger charge is 2.01. The summed E-state index contributed by atoms with van der Waals surface area (Å²) in [5.74, 6) is 0. The molecular weight excluding hydrogens is 172 g/mol. The molecule has 0 aromatic carbocycles. The van der Waals surface area contributed by atoms with Gasteiger partial charge in [0.1, 0.15) is 0 Å². The van der Waals surface area contributed by atoms with E-state index in [1.807, 2.05) is 6.08 Å². The Labute approximate surface area is 79.4 Å². The third kappa shape index (κ3) is 7.77. The van der Waals surface area contributed by atoms with Crippen LogP contribution in [-0.4, -0.2) is 34.4 Å². The van der Waals surface area contributed by atoms with Gasteiger partial charge in [-0.05, 0) is 12.5 Å². The van der Waals surface area contributed by atoms with Crippen LogP contribution in [0.4, 0.5) is 0 Å². The van der Waals surface area contributed by atoms with Crippen molar-refractivity contribution in [3.05, 3.63) is 12.3 Å². The summed E-state index contributed by atoms with van der Waals surface area (Å²) in [6.45, 7) is 0.286. The molecule has 0 aliphatic rings. The van der Waals surface area contributed by atoms with E-state index in [2.05, 4.69) is 4.74 Å². The molecule has 13 heavy (non-hydrogen) atoms. The summed E-state index contributed by atoms with van der Waals surface area (Å²) in [5, 5.41) is 0. The van der Waals surface area contributed by atoms with Gasteiger partial charge in [0.15, 0.2) is 13.1 Å². The maximum absolute atomic E-state index is 5.01. The van der Waals surface area contributed by atoms with E-state index >= 15 is 0 Å². The second-order valence-corrected chi connectivity index (χ2v) is 2.42. The van der Waals surface area contributed by atoms with Crippen LogP contribution in [0.1, 0.15) is 12.8 Å². The normalized spacial score (nSPS) is 11.4. The zero-order valence-electron chi connectivity index (χ0n) is 8.49. The highest BCUT2D eigenvalue weighted by atomic mass is 16.7. The van der Waals surface area contributed by atoms with Crippen LogP contribution < -0.4 is 0 Å². The van der Waals surface area contributed by atoms with E-state index in [0.717, 1.165) is 12.8 Å². The molecule has 78 valence electrons. The van der Waals surface area contributed by atoms with Crippen LogP contribution in [0, 0.1) is 0 Å². The number of allylic oxidation sites excluding steroid dienone is 1. The van der Waals surface area contributed by atoms with Gasteiger partial charge < -0.3 is 18.9 Å². The van der Waals surface area contributed by atoms with Crippen molar-refractivity contribution in [1.82, 2.24) is 0 Å². The lowest BCUT2D eigenvalue weighted by Crippen LogP contribution is -2.11. The highest BCUT2D eigenvalue weighted by Crippen LogP contribution is 2.02. The number of ether oxygens (including phenoxy) is 4. The molecule has 0 aromatic heterocycles. The Kier molecular flexibility index (Phi) is 9.08. The quantitative estimate of drug-likeness (QED) is 0.330. The van der Waals surface area contributed by atoms with Gasteiger partial charge in [0.05, 0.1) is 6.26 Å². The first-order valence-corrected chi connectivity index (χ1v) is 4.16. The molecule has 0 spiro atoms. The molecule has 0 rings (SSSR count). The van der Waals surface area contributed by atoms with Gasteiger partial charge in [-0.1, -0.05) is 0 Å². The third-order valence-corrected chi connectivity index (χ3v) is 1.47. The highest BCUT2D eigenvalue weighted by molar-refractivity contribution is 4.73. The molecular formula is C9H18O4. The van der Waals surface area contributed by atoms with Gasteiger partial charge in [0.2, 0.25) is 0 Å². The predicted molar refractivity (Wildman–Crippen MR) is 49.1 cm³/mol. The summed E-state index contributed by atoms with van der Waals surface area (Å²) in [6, 6.07) is 0. The van der Waals surface area contributed by atoms with E-state index in [0.29, 0.717) is 0 Å². The molecule has 0 aliphatic carbocycles. The lowest BCUT2D eigenvalue weighted by molar-refractivity contribution is -0.105. The first kappa shape index (κ1) is 12.4. The van der Waals surface area contributed by atoms with Crippen molar-refractivity contribution < 1.29 is 18.9 Å². The van der Waals surface area contributed by atoms with E-state index < -0.39 is 0 Å². The van der Waals surface area contributed by atoms with Crippen LogP contribution in [0.3, 0.4) is 0 Å². The average Bonchev–Trinajstić information content (AvgIpc) is 2.17. The standard InChI is InChI=1S/C9H18O4/c1-10-8-13-7-5-4-6-9(11-2)12-3/h5,7,9H,4,6,8H2,1-3H3. The van der Waals surface area contributed by atoms with E-state index in [1.165, 1.54) is 0 Å². The maximum atomic E-state index is 5.01. The summed E-state index contributed by atoms with van der Waals surface area (Å²) in [5.41, 5.74) is 0. The zero-order chi connectivity index (χ0) is 9.94. The topological polar surface area (TPSA) is 36.9 Å². The number of rotatable bonds is 8. The fourth-order valence-corrected chi connectivity index (χ4v) is 0.808. The van der Waals surface area contributed by atoms with Crippen molar-refractivity contribution in [1.29, 1.82) is 0 Å². The molecule has 0 heterocycles. The Balaban J connectivity index is 3.26. The van der Waals surface area contributed by atoms with Crippen LogP contribution in [-0.2, 0) is 18.9 Å². The molecule has 0 saturated carbocycles. The Morgan fingerprint density at radius 1 is 1.15 bits per heavy atom. The van der Waals surface area contributed by atoms with Gasteiger partial charge in [0.25, 0.3) is 0 Å². The van der Waals surface area contributed by atoms with Gasteiger partial charge in [-0.15, -0.1) is 0 Å². The molecule has 4 heteroatoms. The first-order chi connectivity index (χ1) is 6.35. The number of methoxy groups -OCH3 is 3. The third-order valence-electron chi connectivity index (χ3n) is 1.47. The van der Waals surface area contributed by atoms with Crippen molar-refractivity contribution >= 4 is 0 Å². The smallest absolute Gasteiger partial charge is 0.187 e. The van der Waals surface area contributed by atoms with Crippen molar-refractivity contribution in [2.24, 2.45) is 0 Å². The van der Waals surface area contributed by atoms with Gasteiger partial charge in [-0.3, -0.25) is 0 Å². The Morgan fingerprint density at radius 3 is 2.38 bits per heavy atom. The molecule has 0 amide bonds. The molecule has 0 radical (unpaired) electrons. The van der Waals surface area contributed by atoms with Crippen molar-refractivity contribution in [3.8, 4) is 0 Å². The van der Waals surface area contributed by atoms with Crippen molar-refractivity contribution in [3.63, 3.8) is 0 Å². The van der Waals surface area contributed by atoms with E-state index in [4.69, 9.17) is 14.2 Å². The largest absolute Gasteiger partial charge is 0.476 e. The second kappa shape index (κ2) is 9.51. The second-order valence-electron chi connectivity index (χ2n) is 2.42. The van der Waals surface area contributed by atoms with Crippen LogP contribution in [0.2, 0.25) is 0 Å². The fourth-order valence-electron chi connectivity index (χ4n) is 0.808. The van der Waals surface area contributed by atoms with Crippen molar-refractivity contribution in [2.75, 3.05) is 28.1 Å². The Morgan fingerprint density at radius 2 is 1.85 bits per heavy atom. The summed E-state index contributed by atoms with van der Waals surface area (Å²) in [6.07, 6.45) is 5.07. The number of hydrogen-bond donors (Lipinski definition) is 0. The molecule has 0 N–H and O–H groups in total. The van der Waals surface area contributed by atoms with Crippen molar-refractivity contribution in [2.45, 2.75) is 19.1 Å². The minimum absolute atomic E-state index is 0.132. The average molecular weight is 190 g/mol. The summed E-state index contributed by atoms with van der Waals surface area (Å²) < 4.78 is 19.6. The predicted octanol–water partition coefficient (Wildman–Crippen LogP) is 1.52. The minimum Gasteiger partial charge on any atom is -0.476 e. The molecule has 0 bridgehead atoms. The molecule has 0 atom stereocenters.